The minimum absolute atomic E-state index is 0.314. The van der Waals surface area contributed by atoms with Crippen molar-refractivity contribution in [1.29, 1.82) is 0 Å². The van der Waals surface area contributed by atoms with Crippen LogP contribution in [0.4, 0.5) is 5.69 Å². The molecule has 0 unspecified atom stereocenters. The lowest BCUT2D eigenvalue weighted by atomic mass is 10.1. The zero-order valence-electron chi connectivity index (χ0n) is 14.1. The van der Waals surface area contributed by atoms with Gasteiger partial charge in [-0.3, -0.25) is 4.79 Å². The van der Waals surface area contributed by atoms with Crippen LogP contribution in [-0.2, 0) is 0 Å². The second kappa shape index (κ2) is 7.03. The van der Waals surface area contributed by atoms with Crippen molar-refractivity contribution in [3.05, 3.63) is 46.8 Å². The van der Waals surface area contributed by atoms with Gasteiger partial charge < -0.3 is 19.2 Å². The highest BCUT2D eigenvalue weighted by Gasteiger charge is 2.16. The number of fused-ring (bicyclic) bond motifs is 1. The lowest BCUT2D eigenvalue weighted by Crippen LogP contribution is -2.12. The van der Waals surface area contributed by atoms with Gasteiger partial charge in [0.2, 0.25) is 0 Å². The Morgan fingerprint density at radius 3 is 2.84 bits per heavy atom. The normalized spacial score (nSPS) is 10.7. The number of halogens is 1. The van der Waals surface area contributed by atoms with Crippen LogP contribution < -0.4 is 14.8 Å². The average molecular weight is 361 g/mol. The topological polar surface area (TPSA) is 73.6 Å². The number of hydrogen-bond acceptors (Lipinski definition) is 5. The second-order valence-electron chi connectivity index (χ2n) is 5.29. The number of aromatic nitrogens is 1. The minimum atomic E-state index is -0.317. The summed E-state index contributed by atoms with van der Waals surface area (Å²) in [5, 5.41) is 3.13. The van der Waals surface area contributed by atoms with E-state index in [4.69, 9.17) is 25.5 Å². The Morgan fingerprint density at radius 2 is 2.12 bits per heavy atom. The predicted molar refractivity (Wildman–Crippen MR) is 95.9 cm³/mol. The van der Waals surface area contributed by atoms with E-state index in [1.54, 1.807) is 37.3 Å². The van der Waals surface area contributed by atoms with Crippen LogP contribution in [0.2, 0.25) is 5.02 Å². The average Bonchev–Trinajstić information content (AvgIpc) is 2.95. The van der Waals surface area contributed by atoms with E-state index in [1.165, 1.54) is 7.11 Å². The molecular weight excluding hydrogens is 344 g/mol. The summed E-state index contributed by atoms with van der Waals surface area (Å²) in [7, 11) is 1.50. The molecule has 0 atom stereocenters. The number of methoxy groups -OCH3 is 1. The summed E-state index contributed by atoms with van der Waals surface area (Å²) in [6.07, 6.45) is 0. The van der Waals surface area contributed by atoms with Gasteiger partial charge in [-0.2, -0.15) is 0 Å². The van der Waals surface area contributed by atoms with Gasteiger partial charge in [0, 0.05) is 18.2 Å². The fourth-order valence-corrected chi connectivity index (χ4v) is 2.72. The number of hydrogen-bond donors (Lipinski definition) is 1. The van der Waals surface area contributed by atoms with Crippen LogP contribution >= 0.6 is 11.6 Å². The molecule has 1 N–H and O–H groups in total. The minimum Gasteiger partial charge on any atom is -0.493 e. The lowest BCUT2D eigenvalue weighted by molar-refractivity contribution is 0.102. The van der Waals surface area contributed by atoms with Crippen molar-refractivity contribution in [1.82, 2.24) is 4.98 Å². The van der Waals surface area contributed by atoms with Crippen molar-refractivity contribution in [2.24, 2.45) is 0 Å². The van der Waals surface area contributed by atoms with Crippen molar-refractivity contribution in [3.63, 3.8) is 0 Å². The number of anilines is 1. The number of carbonyl (C=O) groups excluding carboxylic acids is 1. The zero-order chi connectivity index (χ0) is 18.0. The van der Waals surface area contributed by atoms with E-state index in [2.05, 4.69) is 10.3 Å². The predicted octanol–water partition coefficient (Wildman–Crippen LogP) is 4.45. The van der Waals surface area contributed by atoms with E-state index in [9.17, 15) is 4.79 Å². The first kappa shape index (κ1) is 17.1. The van der Waals surface area contributed by atoms with Crippen molar-refractivity contribution < 1.29 is 18.7 Å². The molecule has 0 aliphatic heterocycles. The molecule has 1 aromatic heterocycles. The molecule has 0 spiro atoms. The fraction of sp³-hybridized carbons (Fsp3) is 0.222. The largest absolute Gasteiger partial charge is 0.493 e. The highest BCUT2D eigenvalue weighted by Crippen LogP contribution is 2.36. The first-order valence-electron chi connectivity index (χ1n) is 7.70. The molecule has 3 aromatic rings. The molecule has 0 saturated heterocycles. The molecule has 1 heterocycles. The number of amides is 1. The van der Waals surface area contributed by atoms with E-state index < -0.39 is 0 Å². The maximum absolute atomic E-state index is 12.5. The Kier molecular flexibility index (Phi) is 4.81. The van der Waals surface area contributed by atoms with Crippen LogP contribution in [0.25, 0.3) is 11.1 Å². The summed E-state index contributed by atoms with van der Waals surface area (Å²) >= 11 is 6.21. The quantitative estimate of drug-likeness (QED) is 0.727. The van der Waals surface area contributed by atoms with E-state index in [1.807, 2.05) is 6.92 Å². The number of ether oxygens (including phenoxy) is 2. The van der Waals surface area contributed by atoms with Crippen LogP contribution in [0.15, 0.2) is 34.7 Å². The van der Waals surface area contributed by atoms with Crippen molar-refractivity contribution in [2.45, 2.75) is 13.8 Å². The smallest absolute Gasteiger partial charge is 0.255 e. The summed E-state index contributed by atoms with van der Waals surface area (Å²) in [6.45, 7) is 4.06. The van der Waals surface area contributed by atoms with Crippen LogP contribution in [0.3, 0.4) is 0 Å². The number of nitrogens with zero attached hydrogens (tertiary/aromatic N) is 1. The number of oxazole rings is 1. The Bertz CT molecular complexity index is 936. The van der Waals surface area contributed by atoms with Crippen LogP contribution in [0, 0.1) is 6.92 Å². The molecule has 0 aliphatic rings. The first-order valence-corrected chi connectivity index (χ1v) is 8.08. The summed E-state index contributed by atoms with van der Waals surface area (Å²) in [4.78, 5) is 16.8. The highest BCUT2D eigenvalue weighted by atomic mass is 35.5. The van der Waals surface area contributed by atoms with Gasteiger partial charge in [0.15, 0.2) is 23.0 Å². The summed E-state index contributed by atoms with van der Waals surface area (Å²) < 4.78 is 16.1. The van der Waals surface area contributed by atoms with Gasteiger partial charge in [-0.1, -0.05) is 11.6 Å². The van der Waals surface area contributed by atoms with Crippen LogP contribution in [0.1, 0.15) is 23.2 Å². The van der Waals surface area contributed by atoms with Crippen molar-refractivity contribution >= 4 is 34.3 Å². The molecule has 1 amide bonds. The number of carbonyl (C=O) groups is 1. The molecule has 0 saturated carbocycles. The van der Waals surface area contributed by atoms with Gasteiger partial charge in [0.25, 0.3) is 5.91 Å². The van der Waals surface area contributed by atoms with Gasteiger partial charge >= 0.3 is 0 Å². The molecule has 2 aromatic carbocycles. The Balaban J connectivity index is 1.87. The Morgan fingerprint density at radius 1 is 1.32 bits per heavy atom. The molecule has 0 radical (unpaired) electrons. The summed E-state index contributed by atoms with van der Waals surface area (Å²) in [5.74, 6) is 1.08. The van der Waals surface area contributed by atoms with E-state index >= 15 is 0 Å². The second-order valence-corrected chi connectivity index (χ2v) is 5.70. The fourth-order valence-electron chi connectivity index (χ4n) is 2.46. The van der Waals surface area contributed by atoms with Crippen LogP contribution in [0.5, 0.6) is 11.5 Å². The summed E-state index contributed by atoms with van der Waals surface area (Å²) in [6, 6.07) is 8.39. The molecule has 130 valence electrons. The molecule has 0 fully saturated rings. The standard InChI is InChI=1S/C18H17ClN2O4/c1-4-24-17-13(19)7-11(8-16(17)23-3)18(22)21-12-5-6-15-14(9-12)20-10(2)25-15/h5-9H,4H2,1-3H3,(H,21,22). The zero-order valence-corrected chi connectivity index (χ0v) is 14.8. The van der Waals surface area contributed by atoms with Gasteiger partial charge in [-0.15, -0.1) is 0 Å². The molecule has 0 aliphatic carbocycles. The Hall–Kier alpha value is -2.73. The van der Waals surface area contributed by atoms with Crippen molar-refractivity contribution in [2.75, 3.05) is 19.0 Å². The van der Waals surface area contributed by atoms with Gasteiger partial charge in [0.1, 0.15) is 5.52 Å². The number of rotatable bonds is 5. The SMILES string of the molecule is CCOc1c(Cl)cc(C(=O)Nc2ccc3oc(C)nc3c2)cc1OC. The van der Waals surface area contributed by atoms with Gasteiger partial charge in [-0.25, -0.2) is 4.98 Å². The number of aryl methyl sites for hydroxylation is 1. The first-order chi connectivity index (χ1) is 12.0. The highest BCUT2D eigenvalue weighted by molar-refractivity contribution is 6.32. The third kappa shape index (κ3) is 3.53. The van der Waals surface area contributed by atoms with E-state index in [0.717, 1.165) is 0 Å². The Labute approximate surface area is 149 Å². The lowest BCUT2D eigenvalue weighted by Gasteiger charge is -2.13. The third-order valence-corrected chi connectivity index (χ3v) is 3.81. The third-order valence-electron chi connectivity index (χ3n) is 3.53. The van der Waals surface area contributed by atoms with E-state index in [0.29, 0.717) is 51.4 Å². The van der Waals surface area contributed by atoms with Crippen molar-refractivity contribution in [3.8, 4) is 11.5 Å². The monoisotopic (exact) mass is 360 g/mol. The van der Waals surface area contributed by atoms with Gasteiger partial charge in [0.05, 0.1) is 18.7 Å². The maximum Gasteiger partial charge on any atom is 0.255 e. The number of benzene rings is 2. The van der Waals surface area contributed by atoms with E-state index in [-0.39, 0.29) is 5.91 Å². The molecule has 6 nitrogen and oxygen atoms in total. The molecule has 25 heavy (non-hydrogen) atoms. The molecule has 0 bridgehead atoms. The van der Waals surface area contributed by atoms with Crippen LogP contribution in [-0.4, -0.2) is 24.6 Å². The molecular formula is C18H17ClN2O4. The molecule has 7 heteroatoms. The number of nitrogens with one attached hydrogen (secondary N) is 1. The van der Waals surface area contributed by atoms with Gasteiger partial charge in [-0.05, 0) is 37.3 Å². The maximum atomic E-state index is 12.5. The molecule has 3 rings (SSSR count). The summed E-state index contributed by atoms with van der Waals surface area (Å²) in [5.41, 5.74) is 2.32.